The van der Waals surface area contributed by atoms with E-state index in [4.69, 9.17) is 5.73 Å². The molecule has 1 aromatic carbocycles. The summed E-state index contributed by atoms with van der Waals surface area (Å²) in [5.41, 5.74) is 9.30. The summed E-state index contributed by atoms with van der Waals surface area (Å²) in [6.45, 7) is 9.15. The smallest absolute Gasteiger partial charge is 0.0501 e. The number of benzene rings is 1. The van der Waals surface area contributed by atoms with Gasteiger partial charge in [-0.25, -0.2) is 0 Å². The van der Waals surface area contributed by atoms with Crippen LogP contribution in [-0.4, -0.2) is 24.0 Å². The minimum Gasteiger partial charge on any atom is -0.326 e. The summed E-state index contributed by atoms with van der Waals surface area (Å²) in [4.78, 5) is 2.65. The van der Waals surface area contributed by atoms with Crippen molar-refractivity contribution in [2.75, 3.05) is 13.1 Å². The lowest BCUT2D eigenvalue weighted by atomic mass is 9.88. The summed E-state index contributed by atoms with van der Waals surface area (Å²) >= 11 is 0. The van der Waals surface area contributed by atoms with Gasteiger partial charge in [0.05, 0.1) is 6.04 Å². The second-order valence-corrected chi connectivity index (χ2v) is 6.28. The highest BCUT2D eigenvalue weighted by Crippen LogP contribution is 2.32. The lowest BCUT2D eigenvalue weighted by molar-refractivity contribution is 0.103. The van der Waals surface area contributed by atoms with E-state index in [-0.39, 0.29) is 6.04 Å². The molecule has 3 atom stereocenters. The summed E-state index contributed by atoms with van der Waals surface area (Å²) in [5.74, 6) is 0.847. The van der Waals surface area contributed by atoms with E-state index in [9.17, 15) is 0 Å². The summed E-state index contributed by atoms with van der Waals surface area (Å²) in [7, 11) is 0. The number of rotatable bonds is 5. The molecular formula is C18H30N2. The molecule has 3 unspecified atom stereocenters. The first-order valence-electron chi connectivity index (χ1n) is 8.22. The molecule has 2 nitrogen and oxygen atoms in total. The van der Waals surface area contributed by atoms with Gasteiger partial charge in [-0.15, -0.1) is 0 Å². The van der Waals surface area contributed by atoms with E-state index in [0.29, 0.717) is 6.04 Å². The molecule has 0 bridgehead atoms. The minimum absolute atomic E-state index is 0.228. The van der Waals surface area contributed by atoms with Crippen LogP contribution in [0.3, 0.4) is 0 Å². The molecule has 0 saturated carbocycles. The molecule has 1 saturated heterocycles. The molecule has 2 rings (SSSR count). The summed E-state index contributed by atoms with van der Waals surface area (Å²) in [6.07, 6.45) is 5.02. The maximum absolute atomic E-state index is 6.49. The van der Waals surface area contributed by atoms with Crippen molar-refractivity contribution in [1.29, 1.82) is 0 Å². The van der Waals surface area contributed by atoms with Gasteiger partial charge in [-0.2, -0.15) is 0 Å². The standard InChI is InChI=1S/C18H30N2/c1-4-15-10-8-12-20(13-15)18(17(19)5-2)16-11-7-6-9-14(16)3/h6-7,9,11,15,17-18H,4-5,8,10,12-13,19H2,1-3H3. The largest absolute Gasteiger partial charge is 0.326 e. The van der Waals surface area contributed by atoms with E-state index in [1.165, 1.54) is 43.5 Å². The number of hydrogen-bond donors (Lipinski definition) is 1. The molecule has 2 heteroatoms. The van der Waals surface area contributed by atoms with Crippen molar-refractivity contribution in [3.8, 4) is 0 Å². The van der Waals surface area contributed by atoms with Crippen LogP contribution in [0.2, 0.25) is 0 Å². The van der Waals surface area contributed by atoms with Crippen LogP contribution in [0.5, 0.6) is 0 Å². The third-order valence-corrected chi connectivity index (χ3v) is 4.91. The Morgan fingerprint density at radius 3 is 2.70 bits per heavy atom. The minimum atomic E-state index is 0.228. The number of likely N-dealkylation sites (tertiary alicyclic amines) is 1. The maximum atomic E-state index is 6.49. The van der Waals surface area contributed by atoms with E-state index in [1.54, 1.807) is 0 Å². The number of piperidine rings is 1. The topological polar surface area (TPSA) is 29.3 Å². The molecular weight excluding hydrogens is 244 g/mol. The van der Waals surface area contributed by atoms with Crippen molar-refractivity contribution >= 4 is 0 Å². The molecule has 0 spiro atoms. The number of nitrogens with two attached hydrogens (primary N) is 1. The van der Waals surface area contributed by atoms with Crippen molar-refractivity contribution in [3.05, 3.63) is 35.4 Å². The Bertz CT molecular complexity index is 416. The second-order valence-electron chi connectivity index (χ2n) is 6.28. The maximum Gasteiger partial charge on any atom is 0.0501 e. The first-order chi connectivity index (χ1) is 9.67. The van der Waals surface area contributed by atoms with Gasteiger partial charge in [0, 0.05) is 12.6 Å². The summed E-state index contributed by atoms with van der Waals surface area (Å²) in [6, 6.07) is 9.37. The van der Waals surface area contributed by atoms with Crippen LogP contribution in [-0.2, 0) is 0 Å². The molecule has 112 valence electrons. The SMILES string of the molecule is CCC1CCCN(C(c2ccccc2C)C(N)CC)C1. The average molecular weight is 274 g/mol. The normalized spacial score (nSPS) is 23.5. The Balaban J connectivity index is 2.26. The highest BCUT2D eigenvalue weighted by Gasteiger charge is 2.30. The highest BCUT2D eigenvalue weighted by molar-refractivity contribution is 5.30. The molecule has 0 aliphatic carbocycles. The van der Waals surface area contributed by atoms with Crippen LogP contribution in [0.25, 0.3) is 0 Å². The lowest BCUT2D eigenvalue weighted by Crippen LogP contribution is -2.45. The molecule has 0 amide bonds. The monoisotopic (exact) mass is 274 g/mol. The Labute approximate surface area is 124 Å². The summed E-state index contributed by atoms with van der Waals surface area (Å²) < 4.78 is 0. The molecule has 1 fully saturated rings. The van der Waals surface area contributed by atoms with Crippen molar-refractivity contribution in [1.82, 2.24) is 4.90 Å². The molecule has 1 aromatic rings. The molecule has 1 aliphatic heterocycles. The predicted molar refractivity (Wildman–Crippen MR) is 86.8 cm³/mol. The van der Waals surface area contributed by atoms with Crippen molar-refractivity contribution in [3.63, 3.8) is 0 Å². The van der Waals surface area contributed by atoms with Crippen LogP contribution < -0.4 is 5.73 Å². The van der Waals surface area contributed by atoms with Crippen LogP contribution in [0, 0.1) is 12.8 Å². The predicted octanol–water partition coefficient (Wildman–Crippen LogP) is 3.90. The third-order valence-electron chi connectivity index (χ3n) is 4.91. The zero-order valence-corrected chi connectivity index (χ0v) is 13.3. The average Bonchev–Trinajstić information content (AvgIpc) is 2.49. The molecule has 1 heterocycles. The van der Waals surface area contributed by atoms with Gasteiger partial charge in [0.25, 0.3) is 0 Å². The fourth-order valence-electron chi connectivity index (χ4n) is 3.52. The van der Waals surface area contributed by atoms with Gasteiger partial charge in [-0.05, 0) is 49.8 Å². The van der Waals surface area contributed by atoms with E-state index >= 15 is 0 Å². The number of hydrogen-bond acceptors (Lipinski definition) is 2. The summed E-state index contributed by atoms with van der Waals surface area (Å²) in [5, 5.41) is 0. The third kappa shape index (κ3) is 3.42. The van der Waals surface area contributed by atoms with E-state index in [2.05, 4.69) is 49.9 Å². The van der Waals surface area contributed by atoms with Gasteiger partial charge < -0.3 is 5.73 Å². The van der Waals surface area contributed by atoms with Gasteiger partial charge in [0.15, 0.2) is 0 Å². The Morgan fingerprint density at radius 1 is 1.30 bits per heavy atom. The highest BCUT2D eigenvalue weighted by atomic mass is 15.2. The van der Waals surface area contributed by atoms with Crippen LogP contribution in [0.1, 0.15) is 56.7 Å². The molecule has 1 aliphatic rings. The van der Waals surface area contributed by atoms with Gasteiger partial charge >= 0.3 is 0 Å². The molecule has 2 N–H and O–H groups in total. The lowest BCUT2D eigenvalue weighted by Gasteiger charge is -2.41. The molecule has 0 aromatic heterocycles. The van der Waals surface area contributed by atoms with Crippen LogP contribution >= 0.6 is 0 Å². The number of nitrogens with zero attached hydrogens (tertiary/aromatic N) is 1. The number of aryl methyl sites for hydroxylation is 1. The second kappa shape index (κ2) is 7.24. The first-order valence-corrected chi connectivity index (χ1v) is 8.22. The fraction of sp³-hybridized carbons (Fsp3) is 0.667. The zero-order valence-electron chi connectivity index (χ0n) is 13.3. The van der Waals surface area contributed by atoms with Gasteiger partial charge in [0.1, 0.15) is 0 Å². The first kappa shape index (κ1) is 15.5. The fourth-order valence-corrected chi connectivity index (χ4v) is 3.52. The van der Waals surface area contributed by atoms with Gasteiger partial charge in [-0.3, -0.25) is 4.90 Å². The van der Waals surface area contributed by atoms with E-state index < -0.39 is 0 Å². The Hall–Kier alpha value is -0.860. The quantitative estimate of drug-likeness (QED) is 0.882. The van der Waals surface area contributed by atoms with Gasteiger partial charge in [-0.1, -0.05) is 44.5 Å². The Kier molecular flexibility index (Phi) is 5.62. The van der Waals surface area contributed by atoms with Crippen molar-refractivity contribution < 1.29 is 0 Å². The van der Waals surface area contributed by atoms with Gasteiger partial charge in [0.2, 0.25) is 0 Å². The van der Waals surface area contributed by atoms with E-state index in [1.807, 2.05) is 0 Å². The van der Waals surface area contributed by atoms with E-state index in [0.717, 1.165) is 12.3 Å². The van der Waals surface area contributed by atoms with Crippen molar-refractivity contribution in [2.24, 2.45) is 11.7 Å². The zero-order chi connectivity index (χ0) is 14.5. The Morgan fingerprint density at radius 2 is 2.05 bits per heavy atom. The van der Waals surface area contributed by atoms with Crippen LogP contribution in [0.15, 0.2) is 24.3 Å². The van der Waals surface area contributed by atoms with Crippen LogP contribution in [0.4, 0.5) is 0 Å². The van der Waals surface area contributed by atoms with Crippen molar-refractivity contribution in [2.45, 2.75) is 58.5 Å². The molecule has 0 radical (unpaired) electrons. The molecule has 20 heavy (non-hydrogen) atoms.